The van der Waals surface area contributed by atoms with Crippen LogP contribution in [0.1, 0.15) is 0 Å². The summed E-state index contributed by atoms with van der Waals surface area (Å²) in [6, 6.07) is 5.48. The van der Waals surface area contributed by atoms with Gasteiger partial charge in [0.2, 0.25) is 0 Å². The fraction of sp³-hybridized carbons (Fsp3) is 0. The summed E-state index contributed by atoms with van der Waals surface area (Å²) in [6.07, 6.45) is 8.38. The van der Waals surface area contributed by atoms with Crippen LogP contribution < -0.4 is 0 Å². The molecule has 0 spiro atoms. The van der Waals surface area contributed by atoms with Crippen LogP contribution in [0.4, 0.5) is 0 Å². The summed E-state index contributed by atoms with van der Waals surface area (Å²) in [7, 11) is 0. The van der Waals surface area contributed by atoms with Gasteiger partial charge in [-0.15, -0.1) is 25.0 Å². The molecule has 120 valence electrons. The third-order valence-electron chi connectivity index (χ3n) is 2.94. The number of nitrogens with one attached hydrogen (secondary N) is 3. The maximum absolute atomic E-state index is 3.90. The zero-order valence-corrected chi connectivity index (χ0v) is 12.1. The molecule has 13 nitrogen and oxygen atoms in total. The summed E-state index contributed by atoms with van der Waals surface area (Å²) >= 11 is 0. The minimum atomic E-state index is 0.741. The van der Waals surface area contributed by atoms with Crippen molar-refractivity contribution >= 4 is 16.9 Å². The number of H-pyrrole nitrogens is 3. The van der Waals surface area contributed by atoms with Gasteiger partial charge in [0, 0.05) is 30.6 Å². The Bertz CT molecular complexity index is 832. The van der Waals surface area contributed by atoms with Gasteiger partial charge in [-0.3, -0.25) is 10.2 Å². The highest BCUT2D eigenvalue weighted by Gasteiger charge is 1.91. The van der Waals surface area contributed by atoms with Crippen molar-refractivity contribution < 1.29 is 0 Å². The molecule has 0 saturated carbocycles. The van der Waals surface area contributed by atoms with Gasteiger partial charge in [-0.05, 0) is 5.21 Å². The minimum Gasteiger partial charge on any atom is -0.299 e. The molecule has 6 aromatic rings. The quantitative estimate of drug-likeness (QED) is 0.342. The second-order valence-corrected chi connectivity index (χ2v) is 4.42. The topological polar surface area (TPSA) is 151 Å². The van der Waals surface area contributed by atoms with Crippen LogP contribution in [-0.2, 0) is 0 Å². The molecule has 0 fully saturated rings. The average molecular weight is 325 g/mol. The highest BCUT2D eigenvalue weighted by atomic mass is 15.6. The third kappa shape index (κ3) is 2.68. The zero-order chi connectivity index (χ0) is 16.2. The third-order valence-corrected chi connectivity index (χ3v) is 2.94. The molecule has 0 aliphatic rings. The maximum Gasteiger partial charge on any atom is 0.199 e. The predicted octanol–water partition coefficient (Wildman–Crippen LogP) is -0.433. The van der Waals surface area contributed by atoms with Gasteiger partial charge in [0.1, 0.15) is 12.7 Å². The van der Waals surface area contributed by atoms with E-state index in [9.17, 15) is 0 Å². The summed E-state index contributed by atoms with van der Waals surface area (Å²) in [5.74, 6) is 0. The van der Waals surface area contributed by atoms with Crippen LogP contribution >= 0.6 is 0 Å². The molecule has 0 saturated heterocycles. The molecule has 13 heteroatoms. The molecule has 24 heavy (non-hydrogen) atoms. The minimum absolute atomic E-state index is 0.741. The number of aromatic amines is 3. The Morgan fingerprint density at radius 2 is 1.75 bits per heavy atom. The number of rotatable bonds is 0. The van der Waals surface area contributed by atoms with Gasteiger partial charge in [0.05, 0.1) is 6.20 Å². The van der Waals surface area contributed by atoms with E-state index in [1.165, 1.54) is 11.0 Å². The van der Waals surface area contributed by atoms with Crippen LogP contribution in [-0.4, -0.2) is 64.9 Å². The van der Waals surface area contributed by atoms with E-state index in [4.69, 9.17) is 0 Å². The fourth-order valence-electron chi connectivity index (χ4n) is 1.86. The summed E-state index contributed by atoms with van der Waals surface area (Å²) in [5, 5.41) is 30.5. The fourth-order valence-corrected chi connectivity index (χ4v) is 1.86. The molecule has 0 aliphatic carbocycles. The van der Waals surface area contributed by atoms with Crippen LogP contribution in [0.15, 0.2) is 49.4 Å². The first kappa shape index (κ1) is 13.6. The summed E-state index contributed by atoms with van der Waals surface area (Å²) < 4.78 is 4.82. The molecule has 0 amide bonds. The van der Waals surface area contributed by atoms with Crippen molar-refractivity contribution in [1.82, 2.24) is 64.9 Å². The lowest BCUT2D eigenvalue weighted by Crippen LogP contribution is -1.83. The van der Waals surface area contributed by atoms with Gasteiger partial charge in [-0.25, -0.2) is 9.50 Å². The largest absolute Gasteiger partial charge is 0.299 e. The Labute approximate surface area is 132 Å². The zero-order valence-electron chi connectivity index (χ0n) is 12.1. The molecule has 6 heterocycles. The van der Waals surface area contributed by atoms with E-state index in [-0.39, 0.29) is 0 Å². The highest BCUT2D eigenvalue weighted by molar-refractivity contribution is 5.33. The molecule has 0 aromatic carbocycles. The number of hydrogen-bond acceptors (Lipinski definition) is 7. The monoisotopic (exact) mass is 325 g/mol. The van der Waals surface area contributed by atoms with E-state index < -0.39 is 0 Å². The van der Waals surface area contributed by atoms with Crippen molar-refractivity contribution in [1.29, 1.82) is 0 Å². The molecule has 0 unspecified atom stereocenters. The number of nitrogens with zero attached hydrogens (tertiary/aromatic N) is 10. The van der Waals surface area contributed by atoms with E-state index in [1.807, 2.05) is 18.3 Å². The van der Waals surface area contributed by atoms with Crippen LogP contribution in [0, 0.1) is 0 Å². The summed E-state index contributed by atoms with van der Waals surface area (Å²) in [6.45, 7) is 0. The molecule has 6 aromatic heterocycles. The lowest BCUT2D eigenvalue weighted by molar-refractivity contribution is 0.743. The van der Waals surface area contributed by atoms with Crippen LogP contribution in [0.2, 0.25) is 0 Å². The van der Waals surface area contributed by atoms with Crippen LogP contribution in [0.5, 0.6) is 0 Å². The second-order valence-electron chi connectivity index (χ2n) is 4.42. The van der Waals surface area contributed by atoms with E-state index in [0.29, 0.717) is 0 Å². The molecule has 0 radical (unpaired) electrons. The predicted molar refractivity (Wildman–Crippen MR) is 79.8 cm³/mol. The Balaban J connectivity index is 0.0000000911. The van der Waals surface area contributed by atoms with Crippen molar-refractivity contribution in [3.8, 4) is 0 Å². The van der Waals surface area contributed by atoms with Crippen LogP contribution in [0.3, 0.4) is 0 Å². The summed E-state index contributed by atoms with van der Waals surface area (Å²) in [4.78, 5) is 3.90. The molecule has 3 N–H and O–H groups in total. The van der Waals surface area contributed by atoms with Gasteiger partial charge in [-0.1, -0.05) is 0 Å². The number of aromatic nitrogens is 13. The average Bonchev–Trinajstić information content (AvgIpc) is 3.33. The standard InChI is InChI=1S/2C4H4N4.C3H3N5/c1-2-6-8-3-5-7-4(1)8;1-2-6-8-4(1)5-3-7-8;1-2-4-8-3(1)5-6-7-8/h2*1-3,6H;1-2H,(H,5,7). The van der Waals surface area contributed by atoms with Crippen molar-refractivity contribution in [3.05, 3.63) is 49.4 Å². The molecule has 0 aliphatic heterocycles. The van der Waals surface area contributed by atoms with E-state index >= 15 is 0 Å². The molecule has 0 atom stereocenters. The Kier molecular flexibility index (Phi) is 3.40. The molecular formula is C11H11N13. The van der Waals surface area contributed by atoms with Gasteiger partial charge in [-0.2, -0.15) is 14.9 Å². The van der Waals surface area contributed by atoms with E-state index in [2.05, 4.69) is 51.1 Å². The van der Waals surface area contributed by atoms with Crippen molar-refractivity contribution in [3.63, 3.8) is 0 Å². The first-order valence-corrected chi connectivity index (χ1v) is 6.77. The van der Waals surface area contributed by atoms with Gasteiger partial charge < -0.3 is 0 Å². The molecule has 0 bridgehead atoms. The van der Waals surface area contributed by atoms with Gasteiger partial charge in [0.25, 0.3) is 0 Å². The maximum atomic E-state index is 3.90. The lowest BCUT2D eigenvalue weighted by atomic mass is 10.7. The Morgan fingerprint density at radius 1 is 0.833 bits per heavy atom. The number of tetrazole rings is 1. The SMILES string of the molecule is c1cc2nn[nH]n2n1.c1cc2nncn2[nH]1.c1nc2cc[nH]n2n1. The highest BCUT2D eigenvalue weighted by Crippen LogP contribution is 1.91. The first-order chi connectivity index (χ1) is 11.9. The van der Waals surface area contributed by atoms with Gasteiger partial charge in [0.15, 0.2) is 16.9 Å². The van der Waals surface area contributed by atoms with Crippen LogP contribution in [0.25, 0.3) is 16.9 Å². The molecule has 6 rings (SSSR count). The Hall–Kier alpha value is -4.03. The van der Waals surface area contributed by atoms with E-state index in [1.54, 1.807) is 33.9 Å². The molecular weight excluding hydrogens is 314 g/mol. The number of hydrogen-bond donors (Lipinski definition) is 3. The van der Waals surface area contributed by atoms with Gasteiger partial charge >= 0.3 is 0 Å². The van der Waals surface area contributed by atoms with Crippen molar-refractivity contribution in [2.75, 3.05) is 0 Å². The Morgan fingerprint density at radius 3 is 2.62 bits per heavy atom. The number of fused-ring (bicyclic) bond motifs is 3. The van der Waals surface area contributed by atoms with E-state index in [0.717, 1.165) is 16.9 Å². The van der Waals surface area contributed by atoms with Crippen molar-refractivity contribution in [2.24, 2.45) is 0 Å². The smallest absolute Gasteiger partial charge is 0.199 e. The lowest BCUT2D eigenvalue weighted by Gasteiger charge is -1.72. The second kappa shape index (κ2) is 5.99. The van der Waals surface area contributed by atoms with Crippen molar-refractivity contribution in [2.45, 2.75) is 0 Å². The normalized spacial score (nSPS) is 10.5. The summed E-state index contributed by atoms with van der Waals surface area (Å²) in [5.41, 5.74) is 2.44. The first-order valence-electron chi connectivity index (χ1n) is 6.77.